The first-order chi connectivity index (χ1) is 11.3. The lowest BCUT2D eigenvalue weighted by Crippen LogP contribution is -2.24. The van der Waals surface area contributed by atoms with Crippen LogP contribution in [0.1, 0.15) is 6.92 Å². The van der Waals surface area contributed by atoms with Gasteiger partial charge in [-0.3, -0.25) is 4.79 Å². The molecule has 0 aliphatic rings. The number of nitrogens with zero attached hydrogens (tertiary/aromatic N) is 1. The fraction of sp³-hybridized carbons (Fsp3) is 0.150. The molecule has 0 aliphatic carbocycles. The van der Waals surface area contributed by atoms with E-state index in [1.54, 1.807) is 6.92 Å². The first-order valence-corrected chi connectivity index (χ1v) is 7.80. The number of rotatable bonds is 5. The molecule has 0 saturated carbocycles. The minimum atomic E-state index is 0.00157. The zero-order chi connectivity index (χ0) is 16.1. The van der Waals surface area contributed by atoms with Crippen molar-refractivity contribution >= 4 is 5.91 Å². The predicted molar refractivity (Wildman–Crippen MR) is 94.0 cm³/mol. The second-order valence-electron chi connectivity index (χ2n) is 5.49. The Bertz CT molecular complexity index is 776. The summed E-state index contributed by atoms with van der Waals surface area (Å²) >= 11 is 0. The fourth-order valence-electron chi connectivity index (χ4n) is 2.78. The predicted octanol–water partition coefficient (Wildman–Crippen LogP) is 3.96. The summed E-state index contributed by atoms with van der Waals surface area (Å²) in [5, 5.41) is 2.86. The molecule has 2 aromatic carbocycles. The van der Waals surface area contributed by atoms with Crippen LogP contribution < -0.4 is 5.32 Å². The summed E-state index contributed by atoms with van der Waals surface area (Å²) in [6.45, 7) is 2.91. The normalized spacial score (nSPS) is 10.5. The largest absolute Gasteiger partial charge is 0.355 e. The number of hydrogen-bond donors (Lipinski definition) is 1. The van der Waals surface area contributed by atoms with Crippen molar-refractivity contribution in [2.24, 2.45) is 0 Å². The number of benzene rings is 2. The van der Waals surface area contributed by atoms with Gasteiger partial charge in [0.1, 0.15) is 0 Å². The molecule has 1 N–H and O–H groups in total. The Hall–Kier alpha value is -2.81. The number of carbonyl (C=O) groups excluding carboxylic acids is 1. The first-order valence-electron chi connectivity index (χ1n) is 7.80. The van der Waals surface area contributed by atoms with E-state index in [0.717, 1.165) is 6.54 Å². The van der Waals surface area contributed by atoms with Crippen LogP contribution in [-0.2, 0) is 11.3 Å². The van der Waals surface area contributed by atoms with Gasteiger partial charge in [-0.2, -0.15) is 0 Å². The molecule has 0 bridgehead atoms. The SMILES string of the molecule is CC(=O)NCCn1ccc(-c2ccccc2)c1-c1ccccc1. The van der Waals surface area contributed by atoms with E-state index < -0.39 is 0 Å². The summed E-state index contributed by atoms with van der Waals surface area (Å²) in [5.74, 6) is 0.00157. The van der Waals surface area contributed by atoms with Crippen LogP contribution in [0.3, 0.4) is 0 Å². The van der Waals surface area contributed by atoms with Crippen molar-refractivity contribution in [1.29, 1.82) is 0 Å². The van der Waals surface area contributed by atoms with Gasteiger partial charge in [-0.25, -0.2) is 0 Å². The number of hydrogen-bond acceptors (Lipinski definition) is 1. The van der Waals surface area contributed by atoms with Crippen LogP contribution in [0.25, 0.3) is 22.4 Å². The summed E-state index contributed by atoms with van der Waals surface area (Å²) in [7, 11) is 0. The molecule has 1 aromatic heterocycles. The lowest BCUT2D eigenvalue weighted by Gasteiger charge is -2.12. The van der Waals surface area contributed by atoms with E-state index in [1.165, 1.54) is 22.4 Å². The maximum atomic E-state index is 11.1. The van der Waals surface area contributed by atoms with E-state index in [0.29, 0.717) is 6.54 Å². The molecule has 0 radical (unpaired) electrons. The molecule has 0 unspecified atom stereocenters. The summed E-state index contributed by atoms with van der Waals surface area (Å²) in [4.78, 5) is 11.1. The Balaban J connectivity index is 2.00. The summed E-state index contributed by atoms with van der Waals surface area (Å²) in [5.41, 5.74) is 4.77. The molecule has 3 rings (SSSR count). The minimum Gasteiger partial charge on any atom is -0.355 e. The van der Waals surface area contributed by atoms with Gasteiger partial charge in [0.15, 0.2) is 0 Å². The summed E-state index contributed by atoms with van der Waals surface area (Å²) in [6.07, 6.45) is 2.09. The highest BCUT2D eigenvalue weighted by molar-refractivity contribution is 5.81. The summed E-state index contributed by atoms with van der Waals surface area (Å²) < 4.78 is 2.20. The highest BCUT2D eigenvalue weighted by Gasteiger charge is 2.12. The van der Waals surface area contributed by atoms with Crippen molar-refractivity contribution in [3.8, 4) is 22.4 Å². The minimum absolute atomic E-state index is 0.00157. The van der Waals surface area contributed by atoms with Crippen LogP contribution in [0.2, 0.25) is 0 Å². The number of nitrogens with one attached hydrogen (secondary N) is 1. The van der Waals surface area contributed by atoms with Crippen LogP contribution >= 0.6 is 0 Å². The van der Waals surface area contributed by atoms with Crippen LogP contribution in [0.5, 0.6) is 0 Å². The van der Waals surface area contributed by atoms with Crippen LogP contribution in [-0.4, -0.2) is 17.0 Å². The second kappa shape index (κ2) is 6.97. The molecule has 3 heteroatoms. The lowest BCUT2D eigenvalue weighted by atomic mass is 10.0. The molecule has 0 aliphatic heterocycles. The van der Waals surface area contributed by atoms with E-state index in [-0.39, 0.29) is 5.91 Å². The Morgan fingerprint density at radius 3 is 2.13 bits per heavy atom. The molecular formula is C20H20N2O. The van der Waals surface area contributed by atoms with Gasteiger partial charge < -0.3 is 9.88 Å². The smallest absolute Gasteiger partial charge is 0.216 e. The van der Waals surface area contributed by atoms with Crippen molar-refractivity contribution in [1.82, 2.24) is 9.88 Å². The third kappa shape index (κ3) is 3.51. The average molecular weight is 304 g/mol. The maximum absolute atomic E-state index is 11.1. The van der Waals surface area contributed by atoms with Crippen LogP contribution in [0.15, 0.2) is 72.9 Å². The monoisotopic (exact) mass is 304 g/mol. The Morgan fingerprint density at radius 2 is 1.52 bits per heavy atom. The third-order valence-electron chi connectivity index (χ3n) is 3.82. The van der Waals surface area contributed by atoms with E-state index in [9.17, 15) is 4.79 Å². The molecule has 3 nitrogen and oxygen atoms in total. The van der Waals surface area contributed by atoms with E-state index >= 15 is 0 Å². The molecule has 0 fully saturated rings. The van der Waals surface area contributed by atoms with Crippen molar-refractivity contribution < 1.29 is 4.79 Å². The Kier molecular flexibility index (Phi) is 4.57. The third-order valence-corrected chi connectivity index (χ3v) is 3.82. The van der Waals surface area contributed by atoms with Gasteiger partial charge >= 0.3 is 0 Å². The van der Waals surface area contributed by atoms with Gasteiger partial charge in [-0.05, 0) is 17.2 Å². The van der Waals surface area contributed by atoms with Gasteiger partial charge in [0.25, 0.3) is 0 Å². The average Bonchev–Trinajstić information content (AvgIpc) is 3.00. The van der Waals surface area contributed by atoms with E-state index in [2.05, 4.69) is 70.7 Å². The quantitative estimate of drug-likeness (QED) is 0.760. The van der Waals surface area contributed by atoms with Crippen LogP contribution in [0, 0.1) is 0 Å². The van der Waals surface area contributed by atoms with E-state index in [1.807, 2.05) is 12.1 Å². The Labute approximate surface area is 136 Å². The molecule has 0 atom stereocenters. The number of aromatic nitrogens is 1. The summed E-state index contributed by atoms with van der Waals surface area (Å²) in [6, 6.07) is 22.9. The van der Waals surface area contributed by atoms with Gasteiger partial charge in [0.05, 0.1) is 5.69 Å². The molecule has 116 valence electrons. The standard InChI is InChI=1S/C20H20N2O/c1-16(23)21-13-15-22-14-12-19(17-8-4-2-5-9-17)20(22)18-10-6-3-7-11-18/h2-12,14H,13,15H2,1H3,(H,21,23). The van der Waals surface area contributed by atoms with Gasteiger partial charge in [0.2, 0.25) is 5.91 Å². The molecule has 1 amide bonds. The second-order valence-corrected chi connectivity index (χ2v) is 5.49. The number of carbonyl (C=O) groups is 1. The zero-order valence-corrected chi connectivity index (χ0v) is 13.2. The zero-order valence-electron chi connectivity index (χ0n) is 13.2. The molecule has 0 saturated heterocycles. The Morgan fingerprint density at radius 1 is 0.913 bits per heavy atom. The number of amides is 1. The van der Waals surface area contributed by atoms with Crippen molar-refractivity contribution in [3.63, 3.8) is 0 Å². The van der Waals surface area contributed by atoms with E-state index in [4.69, 9.17) is 0 Å². The molecule has 23 heavy (non-hydrogen) atoms. The lowest BCUT2D eigenvalue weighted by molar-refractivity contribution is -0.118. The topological polar surface area (TPSA) is 34.0 Å². The molecule has 1 heterocycles. The maximum Gasteiger partial charge on any atom is 0.216 e. The van der Waals surface area contributed by atoms with Crippen molar-refractivity contribution in [2.75, 3.05) is 6.54 Å². The first kappa shape index (κ1) is 15.1. The molecular weight excluding hydrogens is 284 g/mol. The fourth-order valence-corrected chi connectivity index (χ4v) is 2.78. The van der Waals surface area contributed by atoms with Gasteiger partial charge in [0, 0.05) is 31.8 Å². The van der Waals surface area contributed by atoms with Crippen molar-refractivity contribution in [3.05, 3.63) is 72.9 Å². The van der Waals surface area contributed by atoms with Gasteiger partial charge in [-0.15, -0.1) is 0 Å². The van der Waals surface area contributed by atoms with Crippen molar-refractivity contribution in [2.45, 2.75) is 13.5 Å². The highest BCUT2D eigenvalue weighted by Crippen LogP contribution is 2.33. The van der Waals surface area contributed by atoms with Crippen LogP contribution in [0.4, 0.5) is 0 Å². The molecule has 0 spiro atoms. The highest BCUT2D eigenvalue weighted by atomic mass is 16.1. The molecule has 3 aromatic rings. The van der Waals surface area contributed by atoms with Gasteiger partial charge in [-0.1, -0.05) is 60.7 Å².